The number of nitrogens with zero attached hydrogens (tertiary/aromatic N) is 3. The summed E-state index contributed by atoms with van der Waals surface area (Å²) in [6, 6.07) is 11.3. The normalized spacial score (nSPS) is 15.8. The van der Waals surface area contributed by atoms with Crippen molar-refractivity contribution in [1.29, 1.82) is 0 Å². The Morgan fingerprint density at radius 3 is 2.22 bits per heavy atom. The van der Waals surface area contributed by atoms with Gasteiger partial charge in [-0.05, 0) is 67.1 Å². The first-order valence-electron chi connectivity index (χ1n) is 12.0. The van der Waals surface area contributed by atoms with Gasteiger partial charge < -0.3 is 14.8 Å². The van der Waals surface area contributed by atoms with E-state index in [-0.39, 0.29) is 28.8 Å². The summed E-state index contributed by atoms with van der Waals surface area (Å²) in [5.41, 5.74) is 1.61. The van der Waals surface area contributed by atoms with Crippen molar-refractivity contribution in [1.82, 2.24) is 14.5 Å². The molecule has 1 fully saturated rings. The molecule has 3 aromatic rings. The average Bonchev–Trinajstić information content (AvgIpc) is 2.82. The highest BCUT2D eigenvalue weighted by atomic mass is 35.5. The van der Waals surface area contributed by atoms with E-state index in [1.807, 2.05) is 12.1 Å². The van der Waals surface area contributed by atoms with Crippen LogP contribution in [-0.4, -0.2) is 74.9 Å². The minimum atomic E-state index is -3.22. The number of nitrogens with one attached hydrogen (secondary N) is 1. The fourth-order valence-corrected chi connectivity index (χ4v) is 5.88. The third-order valence-corrected chi connectivity index (χ3v) is 8.68. The van der Waals surface area contributed by atoms with Gasteiger partial charge in [0.25, 0.3) is 5.56 Å². The van der Waals surface area contributed by atoms with Crippen LogP contribution in [0.3, 0.4) is 0 Å². The number of benzene rings is 1. The molecule has 0 unspecified atom stereocenters. The van der Waals surface area contributed by atoms with Crippen molar-refractivity contribution in [3.63, 3.8) is 0 Å². The zero-order valence-electron chi connectivity index (χ0n) is 20.9. The standard InChI is InChI=1S/C25H31ClN4O5S2/c1-36(32,33)15-13-29-10-7-19(8-11-29)18-3-5-21(6-4-18)27-24-23-20(17-22(26)28-24)9-12-30(25(23)31)14-16-37(2,34)35/h3-6,9,12,17,19H,7-8,10-11,13-16H2,1-2H3,(H,27,28). The van der Waals surface area contributed by atoms with E-state index < -0.39 is 19.7 Å². The maximum Gasteiger partial charge on any atom is 0.262 e. The summed E-state index contributed by atoms with van der Waals surface area (Å²) in [5, 5.41) is 4.39. The topological polar surface area (TPSA) is 118 Å². The van der Waals surface area contributed by atoms with Gasteiger partial charge >= 0.3 is 0 Å². The van der Waals surface area contributed by atoms with E-state index in [1.54, 1.807) is 18.3 Å². The average molecular weight is 567 g/mol. The highest BCUT2D eigenvalue weighted by Crippen LogP contribution is 2.30. The van der Waals surface area contributed by atoms with Crippen molar-refractivity contribution in [2.24, 2.45) is 0 Å². The van der Waals surface area contributed by atoms with E-state index in [1.165, 1.54) is 16.4 Å². The van der Waals surface area contributed by atoms with Crippen LogP contribution in [0.25, 0.3) is 10.8 Å². The zero-order chi connectivity index (χ0) is 26.8. The van der Waals surface area contributed by atoms with Crippen LogP contribution in [0.2, 0.25) is 5.15 Å². The Kier molecular flexibility index (Phi) is 8.27. The number of anilines is 2. The van der Waals surface area contributed by atoms with Crippen molar-refractivity contribution in [2.45, 2.75) is 25.3 Å². The van der Waals surface area contributed by atoms with E-state index >= 15 is 0 Å². The molecule has 1 saturated heterocycles. The quantitative estimate of drug-likeness (QED) is 0.393. The van der Waals surface area contributed by atoms with Gasteiger partial charge in [-0.25, -0.2) is 21.8 Å². The number of pyridine rings is 2. The third kappa shape index (κ3) is 7.53. The molecule has 9 nitrogen and oxygen atoms in total. The first kappa shape index (κ1) is 27.6. The Bertz CT molecular complexity index is 1550. The van der Waals surface area contributed by atoms with Crippen LogP contribution in [-0.2, 0) is 26.2 Å². The van der Waals surface area contributed by atoms with Gasteiger partial charge in [0.15, 0.2) is 0 Å². The summed E-state index contributed by atoms with van der Waals surface area (Å²) < 4.78 is 47.4. The van der Waals surface area contributed by atoms with Crippen molar-refractivity contribution in [2.75, 3.05) is 49.0 Å². The molecule has 0 aliphatic carbocycles. The molecule has 1 aliphatic rings. The molecule has 12 heteroatoms. The van der Waals surface area contributed by atoms with E-state index in [9.17, 15) is 21.6 Å². The lowest BCUT2D eigenvalue weighted by atomic mass is 9.89. The summed E-state index contributed by atoms with van der Waals surface area (Å²) in [6.45, 7) is 2.36. The summed E-state index contributed by atoms with van der Waals surface area (Å²) in [6.07, 6.45) is 5.90. The third-order valence-electron chi connectivity index (χ3n) is 6.64. The minimum Gasteiger partial charge on any atom is -0.339 e. The molecule has 200 valence electrons. The number of halogens is 1. The number of sulfone groups is 2. The summed E-state index contributed by atoms with van der Waals surface area (Å²) in [7, 11) is -6.18. The van der Waals surface area contributed by atoms with Crippen LogP contribution >= 0.6 is 11.6 Å². The lowest BCUT2D eigenvalue weighted by Gasteiger charge is -2.32. The van der Waals surface area contributed by atoms with E-state index in [2.05, 4.69) is 27.3 Å². The van der Waals surface area contributed by atoms with Crippen LogP contribution in [0, 0.1) is 0 Å². The first-order valence-corrected chi connectivity index (χ1v) is 16.5. The summed E-state index contributed by atoms with van der Waals surface area (Å²) in [5.74, 6) is 0.761. The lowest BCUT2D eigenvalue weighted by molar-refractivity contribution is 0.223. The summed E-state index contributed by atoms with van der Waals surface area (Å²) in [4.78, 5) is 19.7. The highest BCUT2D eigenvalue weighted by molar-refractivity contribution is 7.90. The second-order valence-corrected chi connectivity index (χ2v) is 14.6. The van der Waals surface area contributed by atoms with Crippen LogP contribution in [0.1, 0.15) is 24.3 Å². The largest absolute Gasteiger partial charge is 0.339 e. The number of likely N-dealkylation sites (tertiary alicyclic amines) is 1. The molecule has 0 spiro atoms. The molecular formula is C25H31ClN4O5S2. The molecule has 1 aromatic carbocycles. The van der Waals surface area contributed by atoms with Gasteiger partial charge in [0, 0.05) is 37.5 Å². The molecule has 0 atom stereocenters. The van der Waals surface area contributed by atoms with Gasteiger partial charge in [-0.2, -0.15) is 0 Å². The van der Waals surface area contributed by atoms with E-state index in [0.717, 1.165) is 37.9 Å². The zero-order valence-corrected chi connectivity index (χ0v) is 23.2. The molecular weight excluding hydrogens is 536 g/mol. The SMILES string of the molecule is CS(=O)(=O)CCN1CCC(c2ccc(Nc3nc(Cl)cc4ccn(CCS(C)(=O)=O)c(=O)c34)cc2)CC1. The Morgan fingerprint density at radius 2 is 1.59 bits per heavy atom. The highest BCUT2D eigenvalue weighted by Gasteiger charge is 2.21. The predicted octanol–water partition coefficient (Wildman–Crippen LogP) is 3.06. The first-order chi connectivity index (χ1) is 17.4. The number of rotatable bonds is 9. The Labute approximate surface area is 222 Å². The molecule has 0 radical (unpaired) electrons. The van der Waals surface area contributed by atoms with Gasteiger partial charge in [0.2, 0.25) is 0 Å². The van der Waals surface area contributed by atoms with Crippen molar-refractivity contribution < 1.29 is 16.8 Å². The van der Waals surface area contributed by atoms with Gasteiger partial charge in [0.05, 0.1) is 16.9 Å². The maximum absolute atomic E-state index is 13.2. The molecule has 3 heterocycles. The van der Waals surface area contributed by atoms with E-state index in [4.69, 9.17) is 11.6 Å². The van der Waals surface area contributed by atoms with Crippen molar-refractivity contribution in [3.05, 3.63) is 63.7 Å². The Hall–Kier alpha value is -2.47. The van der Waals surface area contributed by atoms with E-state index in [0.29, 0.717) is 29.1 Å². The fraction of sp³-hybridized carbons (Fsp3) is 0.440. The molecule has 37 heavy (non-hydrogen) atoms. The molecule has 0 saturated carbocycles. The predicted molar refractivity (Wildman–Crippen MR) is 149 cm³/mol. The smallest absolute Gasteiger partial charge is 0.262 e. The minimum absolute atomic E-state index is 0.0530. The molecule has 1 aliphatic heterocycles. The molecule has 4 rings (SSSR count). The fourth-order valence-electron chi connectivity index (χ4n) is 4.56. The van der Waals surface area contributed by atoms with Gasteiger partial charge in [0.1, 0.15) is 30.6 Å². The lowest BCUT2D eigenvalue weighted by Crippen LogP contribution is -2.36. The number of aromatic nitrogens is 2. The van der Waals surface area contributed by atoms with Crippen molar-refractivity contribution >= 4 is 53.6 Å². The van der Waals surface area contributed by atoms with Crippen LogP contribution in [0.5, 0.6) is 0 Å². The molecule has 0 bridgehead atoms. The number of hydrogen-bond acceptors (Lipinski definition) is 8. The second-order valence-electron chi connectivity index (χ2n) is 9.69. The Balaban J connectivity index is 1.49. The van der Waals surface area contributed by atoms with Gasteiger partial charge in [-0.15, -0.1) is 0 Å². The number of fused-ring (bicyclic) bond motifs is 1. The van der Waals surface area contributed by atoms with Gasteiger partial charge in [-0.1, -0.05) is 23.7 Å². The van der Waals surface area contributed by atoms with Crippen LogP contribution in [0.4, 0.5) is 11.5 Å². The molecule has 2 aromatic heterocycles. The van der Waals surface area contributed by atoms with Gasteiger partial charge in [-0.3, -0.25) is 4.79 Å². The van der Waals surface area contributed by atoms with Crippen molar-refractivity contribution in [3.8, 4) is 0 Å². The number of hydrogen-bond donors (Lipinski definition) is 1. The Morgan fingerprint density at radius 1 is 0.973 bits per heavy atom. The second kappa shape index (κ2) is 11.1. The molecule has 1 N–H and O–H groups in total. The van der Waals surface area contributed by atoms with Crippen LogP contribution < -0.4 is 10.9 Å². The summed E-state index contributed by atoms with van der Waals surface area (Å²) >= 11 is 6.21. The number of aryl methyl sites for hydroxylation is 1. The maximum atomic E-state index is 13.2. The number of piperidine rings is 1. The monoisotopic (exact) mass is 566 g/mol. The molecule has 0 amide bonds. The van der Waals surface area contributed by atoms with Crippen LogP contribution in [0.15, 0.2) is 47.4 Å².